The Morgan fingerprint density at radius 2 is 1.21 bits per heavy atom. The first-order valence-electron chi connectivity index (χ1n) is 19.0. The lowest BCUT2D eigenvalue weighted by molar-refractivity contribution is -0.122. The molecule has 0 spiro atoms. The SMILES string of the molecule is CCCCCCCCCCCCCCCC(=O)N[C@H](COCCCCCCCCCCCc1ccccc1)COP(=O)(Cl)OCCBr. The summed E-state index contributed by atoms with van der Waals surface area (Å²) in [6, 6.07) is 10.3. The molecule has 2 atom stereocenters. The topological polar surface area (TPSA) is 73.9 Å². The fraction of sp³-hybridized carbons (Fsp3) is 0.816. The molecule has 0 saturated heterocycles. The average Bonchev–Trinajstić information content (AvgIpc) is 3.07. The van der Waals surface area contributed by atoms with Gasteiger partial charge in [0, 0.05) is 29.6 Å². The second kappa shape index (κ2) is 32.8. The Balaban J connectivity index is 2.13. The van der Waals surface area contributed by atoms with Crippen LogP contribution >= 0.6 is 34.1 Å². The Morgan fingerprint density at radius 1 is 0.702 bits per heavy atom. The number of halogens is 2. The largest absolute Gasteiger partial charge is 0.424 e. The Labute approximate surface area is 302 Å². The van der Waals surface area contributed by atoms with E-state index in [1.807, 2.05) is 0 Å². The minimum Gasteiger partial charge on any atom is -0.379 e. The zero-order valence-corrected chi connectivity index (χ0v) is 33.0. The van der Waals surface area contributed by atoms with Gasteiger partial charge in [-0.2, -0.15) is 0 Å². The van der Waals surface area contributed by atoms with E-state index in [2.05, 4.69) is 58.5 Å². The number of carbonyl (C=O) groups excluding carboxylic acids is 1. The van der Waals surface area contributed by atoms with Gasteiger partial charge in [-0.05, 0) is 31.2 Å². The lowest BCUT2D eigenvalue weighted by atomic mass is 10.0. The van der Waals surface area contributed by atoms with Crippen LogP contribution in [0.15, 0.2) is 30.3 Å². The van der Waals surface area contributed by atoms with Crippen LogP contribution in [-0.2, 0) is 29.6 Å². The third-order valence-electron chi connectivity index (χ3n) is 8.54. The summed E-state index contributed by atoms with van der Waals surface area (Å²) >= 11 is 9.16. The molecular formula is C38H68BrClNO5P. The van der Waals surface area contributed by atoms with Crippen molar-refractivity contribution in [1.82, 2.24) is 5.32 Å². The van der Waals surface area contributed by atoms with E-state index in [0.717, 1.165) is 25.7 Å². The lowest BCUT2D eigenvalue weighted by Gasteiger charge is -2.20. The molecular weight excluding hydrogens is 697 g/mol. The van der Waals surface area contributed by atoms with Crippen LogP contribution in [-0.4, -0.2) is 43.7 Å². The molecule has 0 aliphatic carbocycles. The third-order valence-corrected chi connectivity index (χ3v) is 10.4. The van der Waals surface area contributed by atoms with E-state index < -0.39 is 13.0 Å². The maximum absolute atomic E-state index is 12.7. The van der Waals surface area contributed by atoms with E-state index >= 15 is 0 Å². The van der Waals surface area contributed by atoms with Gasteiger partial charge in [-0.15, -0.1) is 0 Å². The number of hydrogen-bond acceptors (Lipinski definition) is 5. The molecule has 274 valence electrons. The predicted octanol–water partition coefficient (Wildman–Crippen LogP) is 12.5. The third kappa shape index (κ3) is 30.1. The van der Waals surface area contributed by atoms with E-state index in [9.17, 15) is 9.36 Å². The van der Waals surface area contributed by atoms with Crippen molar-refractivity contribution in [3.63, 3.8) is 0 Å². The van der Waals surface area contributed by atoms with Gasteiger partial charge in [-0.25, -0.2) is 4.57 Å². The van der Waals surface area contributed by atoms with Gasteiger partial charge in [0.15, 0.2) is 0 Å². The zero-order chi connectivity index (χ0) is 34.1. The molecule has 1 unspecified atom stereocenters. The van der Waals surface area contributed by atoms with Crippen LogP contribution in [0.1, 0.15) is 160 Å². The van der Waals surface area contributed by atoms with Crippen molar-refractivity contribution >= 4 is 40.0 Å². The Kier molecular flexibility index (Phi) is 31.1. The van der Waals surface area contributed by atoms with Crippen molar-refractivity contribution in [2.45, 2.75) is 167 Å². The number of hydrogen-bond donors (Lipinski definition) is 1. The summed E-state index contributed by atoms with van der Waals surface area (Å²) in [4.78, 5) is 12.7. The van der Waals surface area contributed by atoms with E-state index in [1.54, 1.807) is 0 Å². The molecule has 1 rings (SSSR count). The predicted molar refractivity (Wildman–Crippen MR) is 204 cm³/mol. The second-order valence-corrected chi connectivity index (χ2v) is 16.4. The highest BCUT2D eigenvalue weighted by atomic mass is 79.9. The quantitative estimate of drug-likeness (QED) is 0.0423. The highest BCUT2D eigenvalue weighted by molar-refractivity contribution is 9.09. The summed E-state index contributed by atoms with van der Waals surface area (Å²) in [7, 11) is 0. The number of amides is 1. The van der Waals surface area contributed by atoms with E-state index in [0.29, 0.717) is 25.0 Å². The van der Waals surface area contributed by atoms with Crippen LogP contribution in [0, 0.1) is 0 Å². The smallest absolute Gasteiger partial charge is 0.379 e. The van der Waals surface area contributed by atoms with Gasteiger partial charge in [0.1, 0.15) is 0 Å². The van der Waals surface area contributed by atoms with Crippen LogP contribution in [0.2, 0.25) is 0 Å². The first kappa shape index (κ1) is 44.6. The maximum Gasteiger partial charge on any atom is 0.424 e. The molecule has 0 radical (unpaired) electrons. The minimum absolute atomic E-state index is 0.0151. The number of ether oxygens (including phenoxy) is 1. The molecule has 6 nitrogen and oxygen atoms in total. The molecule has 1 amide bonds. The molecule has 0 aliphatic heterocycles. The van der Waals surface area contributed by atoms with E-state index in [4.69, 9.17) is 25.0 Å². The molecule has 0 fully saturated rings. The molecule has 1 aromatic rings. The van der Waals surface area contributed by atoms with Crippen LogP contribution in [0.4, 0.5) is 0 Å². The van der Waals surface area contributed by atoms with Crippen LogP contribution in [0.5, 0.6) is 0 Å². The van der Waals surface area contributed by atoms with Crippen molar-refractivity contribution in [3.8, 4) is 0 Å². The molecule has 9 heteroatoms. The van der Waals surface area contributed by atoms with E-state index in [1.165, 1.54) is 128 Å². The number of alkyl halides is 1. The first-order valence-corrected chi connectivity index (χ1v) is 22.6. The van der Waals surface area contributed by atoms with Crippen molar-refractivity contribution < 1.29 is 23.1 Å². The first-order chi connectivity index (χ1) is 23.0. The van der Waals surface area contributed by atoms with E-state index in [-0.39, 0.29) is 19.1 Å². The number of nitrogens with one attached hydrogen (secondary N) is 1. The number of aryl methyl sites for hydroxylation is 1. The molecule has 1 aromatic carbocycles. The van der Waals surface area contributed by atoms with Gasteiger partial charge in [-0.3, -0.25) is 13.8 Å². The molecule has 1 N–H and O–H groups in total. The van der Waals surface area contributed by atoms with Crippen molar-refractivity contribution in [3.05, 3.63) is 35.9 Å². The lowest BCUT2D eigenvalue weighted by Crippen LogP contribution is -2.41. The second-order valence-electron chi connectivity index (χ2n) is 13.0. The van der Waals surface area contributed by atoms with Gasteiger partial charge in [0.05, 0.1) is 25.9 Å². The maximum atomic E-state index is 12.7. The molecule has 0 aromatic heterocycles. The van der Waals surface area contributed by atoms with Crippen LogP contribution in [0.3, 0.4) is 0 Å². The van der Waals surface area contributed by atoms with Crippen LogP contribution < -0.4 is 5.32 Å². The minimum atomic E-state index is -3.71. The average molecular weight is 765 g/mol. The Bertz CT molecular complexity index is 881. The Morgan fingerprint density at radius 3 is 1.77 bits per heavy atom. The summed E-state index contributed by atoms with van der Waals surface area (Å²) < 4.78 is 28.8. The Hall–Kier alpha value is -0.430. The summed E-state index contributed by atoms with van der Waals surface area (Å²) in [5.74, 6) is -0.0314. The highest BCUT2D eigenvalue weighted by Crippen LogP contribution is 2.53. The highest BCUT2D eigenvalue weighted by Gasteiger charge is 2.24. The zero-order valence-electron chi connectivity index (χ0n) is 29.7. The fourth-order valence-corrected chi connectivity index (χ4v) is 7.27. The summed E-state index contributed by atoms with van der Waals surface area (Å²) in [6.45, 7) is -0.352. The van der Waals surface area contributed by atoms with Crippen molar-refractivity contribution in [2.24, 2.45) is 0 Å². The molecule has 0 heterocycles. The molecule has 0 aliphatic rings. The van der Waals surface area contributed by atoms with Crippen molar-refractivity contribution in [1.29, 1.82) is 0 Å². The van der Waals surface area contributed by atoms with Crippen LogP contribution in [0.25, 0.3) is 0 Å². The van der Waals surface area contributed by atoms with Gasteiger partial charge in [-0.1, -0.05) is 175 Å². The van der Waals surface area contributed by atoms with Gasteiger partial charge in [0.25, 0.3) is 0 Å². The monoisotopic (exact) mass is 763 g/mol. The van der Waals surface area contributed by atoms with Gasteiger partial charge < -0.3 is 10.1 Å². The van der Waals surface area contributed by atoms with Crippen molar-refractivity contribution in [2.75, 3.05) is 31.8 Å². The van der Waals surface area contributed by atoms with Gasteiger partial charge in [0.2, 0.25) is 5.91 Å². The number of benzene rings is 1. The molecule has 0 saturated carbocycles. The molecule has 47 heavy (non-hydrogen) atoms. The number of unbranched alkanes of at least 4 members (excludes halogenated alkanes) is 20. The summed E-state index contributed by atoms with van der Waals surface area (Å²) in [5.41, 5.74) is 1.44. The number of carbonyl (C=O) groups is 1. The summed E-state index contributed by atoms with van der Waals surface area (Å²) in [5, 5.41) is 3.51. The normalized spacial score (nSPS) is 13.4. The molecule has 0 bridgehead atoms. The summed E-state index contributed by atoms with van der Waals surface area (Å²) in [6.07, 6.45) is 29.3. The number of rotatable bonds is 35. The fourth-order valence-electron chi connectivity index (χ4n) is 5.74. The van der Waals surface area contributed by atoms with Gasteiger partial charge >= 0.3 is 6.95 Å². The standard InChI is InChI=1S/C38H68BrClNO5P/c1-2-3-4-5-6-7-8-9-10-13-16-19-25-30-38(42)41-37(35-46-47(40,43)45-33-31-39)34-44-32-26-20-17-14-11-12-15-18-22-27-36-28-23-21-24-29-36/h21,23-24,28-29,37H,2-20,22,25-27,30-35H2,1H3,(H,41,42)/t37-,47?/m1/s1.